The molecule has 5 heteroatoms. The Morgan fingerprint density at radius 3 is 2.47 bits per heavy atom. The predicted molar refractivity (Wildman–Crippen MR) is 65.1 cm³/mol. The molecule has 0 unspecified atom stereocenters. The van der Waals surface area contributed by atoms with Crippen LogP contribution in [0.2, 0.25) is 15.2 Å². The van der Waals surface area contributed by atoms with Gasteiger partial charge < -0.3 is 5.32 Å². The van der Waals surface area contributed by atoms with E-state index in [1.165, 1.54) is 0 Å². The van der Waals surface area contributed by atoms with E-state index in [0.717, 1.165) is 12.8 Å². The molecule has 0 fully saturated rings. The third kappa shape index (κ3) is 2.57. The molecule has 1 aromatic rings. The zero-order chi connectivity index (χ0) is 10.8. The molecule has 0 radical (unpaired) electrons. The Morgan fingerprint density at radius 1 is 1.13 bits per heavy atom. The molecule has 0 atom stereocenters. The molecule has 0 aliphatic heterocycles. The number of rotatable bonds is 2. The van der Waals surface area contributed by atoms with E-state index in [2.05, 4.69) is 22.5 Å². The highest BCUT2D eigenvalue weighted by molar-refractivity contribution is 6.42. The molecule has 80 valence electrons. The van der Waals surface area contributed by atoms with E-state index in [1.807, 2.05) is 0 Å². The molecule has 1 aromatic heterocycles. The highest BCUT2D eigenvalue weighted by Gasteiger charge is 2.14. The first kappa shape index (κ1) is 11.1. The average molecular weight is 264 g/mol. The lowest BCUT2D eigenvalue weighted by Crippen LogP contribution is -2.16. The lowest BCUT2D eigenvalue weighted by molar-refractivity contribution is 0.781. The van der Waals surface area contributed by atoms with E-state index >= 15 is 0 Å². The van der Waals surface area contributed by atoms with Gasteiger partial charge in [-0.15, -0.1) is 0 Å². The number of halogens is 3. The van der Waals surface area contributed by atoms with Gasteiger partial charge in [-0.1, -0.05) is 47.0 Å². The van der Waals surface area contributed by atoms with Crippen LogP contribution in [0.15, 0.2) is 18.2 Å². The number of aromatic nitrogens is 1. The third-order valence-electron chi connectivity index (χ3n) is 2.24. The van der Waals surface area contributed by atoms with Gasteiger partial charge in [-0.3, -0.25) is 0 Å². The summed E-state index contributed by atoms with van der Waals surface area (Å²) < 4.78 is 0. The number of nitrogens with one attached hydrogen (secondary N) is 1. The summed E-state index contributed by atoms with van der Waals surface area (Å²) in [6.07, 6.45) is 6.22. The maximum absolute atomic E-state index is 5.99. The number of nitrogens with zero attached hydrogens (tertiary/aromatic N) is 1. The molecule has 1 aliphatic carbocycles. The number of hydrogen-bond donors (Lipinski definition) is 1. The van der Waals surface area contributed by atoms with Gasteiger partial charge in [-0.2, -0.15) is 0 Å². The third-order valence-corrected chi connectivity index (χ3v) is 3.20. The van der Waals surface area contributed by atoms with Crippen molar-refractivity contribution < 1.29 is 0 Å². The van der Waals surface area contributed by atoms with Crippen LogP contribution in [0.4, 0.5) is 5.82 Å². The van der Waals surface area contributed by atoms with E-state index in [9.17, 15) is 0 Å². The van der Waals surface area contributed by atoms with Crippen LogP contribution in [-0.2, 0) is 0 Å². The van der Waals surface area contributed by atoms with Gasteiger partial charge in [-0.05, 0) is 18.9 Å². The maximum Gasteiger partial charge on any atom is 0.150 e. The summed E-state index contributed by atoms with van der Waals surface area (Å²) >= 11 is 17.6. The van der Waals surface area contributed by atoms with Gasteiger partial charge in [0.2, 0.25) is 0 Å². The monoisotopic (exact) mass is 262 g/mol. The number of pyridine rings is 1. The summed E-state index contributed by atoms with van der Waals surface area (Å²) in [5, 5.41) is 4.37. The molecule has 1 heterocycles. The Labute approximate surface area is 103 Å². The Morgan fingerprint density at radius 2 is 1.80 bits per heavy atom. The topological polar surface area (TPSA) is 24.9 Å². The summed E-state index contributed by atoms with van der Waals surface area (Å²) in [5.41, 5.74) is 0. The Balaban J connectivity index is 2.17. The van der Waals surface area contributed by atoms with Gasteiger partial charge >= 0.3 is 0 Å². The molecule has 0 amide bonds. The van der Waals surface area contributed by atoms with Crippen molar-refractivity contribution in [1.29, 1.82) is 0 Å². The highest BCUT2D eigenvalue weighted by Crippen LogP contribution is 2.30. The number of anilines is 1. The fourth-order valence-electron chi connectivity index (χ4n) is 1.47. The van der Waals surface area contributed by atoms with E-state index < -0.39 is 0 Å². The first-order valence-corrected chi connectivity index (χ1v) is 5.73. The van der Waals surface area contributed by atoms with Crippen molar-refractivity contribution in [2.75, 3.05) is 5.32 Å². The second-order valence-corrected chi connectivity index (χ2v) is 4.55. The predicted octanol–water partition coefficient (Wildman–Crippen LogP) is 4.17. The van der Waals surface area contributed by atoms with Gasteiger partial charge in [0.25, 0.3) is 0 Å². The molecular formula is C10H9Cl3N2. The van der Waals surface area contributed by atoms with E-state index in [4.69, 9.17) is 34.8 Å². The molecule has 0 saturated heterocycles. The summed E-state index contributed by atoms with van der Waals surface area (Å²) in [6, 6.07) is 1.95. The van der Waals surface area contributed by atoms with Gasteiger partial charge in [0.15, 0.2) is 0 Å². The zero-order valence-corrected chi connectivity index (χ0v) is 10.1. The van der Waals surface area contributed by atoms with Gasteiger partial charge in [-0.25, -0.2) is 4.98 Å². The van der Waals surface area contributed by atoms with Gasteiger partial charge in [0.1, 0.15) is 11.0 Å². The van der Waals surface area contributed by atoms with Crippen molar-refractivity contribution in [2.45, 2.75) is 18.9 Å². The summed E-state index contributed by atoms with van der Waals surface area (Å²) in [7, 11) is 0. The zero-order valence-electron chi connectivity index (χ0n) is 7.80. The normalized spacial score (nSPS) is 15.9. The van der Waals surface area contributed by atoms with Crippen molar-refractivity contribution in [2.24, 2.45) is 0 Å². The summed E-state index contributed by atoms with van der Waals surface area (Å²) in [5.74, 6) is 0.597. The minimum absolute atomic E-state index is 0.273. The Bertz CT molecular complexity index is 396. The van der Waals surface area contributed by atoms with Crippen molar-refractivity contribution in [1.82, 2.24) is 4.98 Å². The van der Waals surface area contributed by atoms with Crippen molar-refractivity contribution in [3.8, 4) is 0 Å². The molecule has 0 bridgehead atoms. The van der Waals surface area contributed by atoms with Crippen molar-refractivity contribution in [3.05, 3.63) is 33.4 Å². The molecule has 2 nitrogen and oxygen atoms in total. The fraction of sp³-hybridized carbons (Fsp3) is 0.300. The van der Waals surface area contributed by atoms with Gasteiger partial charge in [0.05, 0.1) is 10.0 Å². The molecular weight excluding hydrogens is 254 g/mol. The lowest BCUT2D eigenvalue weighted by atomic mass is 10.2. The first-order valence-electron chi connectivity index (χ1n) is 4.60. The summed E-state index contributed by atoms with van der Waals surface area (Å²) in [4.78, 5) is 4.10. The van der Waals surface area contributed by atoms with Gasteiger partial charge in [0, 0.05) is 6.04 Å². The van der Waals surface area contributed by atoms with Crippen LogP contribution in [0.25, 0.3) is 0 Å². The SMILES string of the molecule is Clc1cc(Cl)c(NC2CC=CC2)nc1Cl. The maximum atomic E-state index is 5.99. The van der Waals surface area contributed by atoms with Crippen molar-refractivity contribution >= 4 is 40.6 Å². The van der Waals surface area contributed by atoms with Crippen LogP contribution >= 0.6 is 34.8 Å². The molecule has 15 heavy (non-hydrogen) atoms. The van der Waals surface area contributed by atoms with Crippen LogP contribution in [0.3, 0.4) is 0 Å². The minimum Gasteiger partial charge on any atom is -0.365 e. The van der Waals surface area contributed by atoms with E-state index in [0.29, 0.717) is 21.9 Å². The second kappa shape index (κ2) is 4.60. The first-order chi connectivity index (χ1) is 7.16. The smallest absolute Gasteiger partial charge is 0.150 e. The second-order valence-electron chi connectivity index (χ2n) is 3.38. The molecule has 1 N–H and O–H groups in total. The van der Waals surface area contributed by atoms with E-state index in [-0.39, 0.29) is 5.15 Å². The van der Waals surface area contributed by atoms with Crippen molar-refractivity contribution in [3.63, 3.8) is 0 Å². The molecule has 0 spiro atoms. The minimum atomic E-state index is 0.273. The largest absolute Gasteiger partial charge is 0.365 e. The van der Waals surface area contributed by atoms with Crippen LogP contribution in [0, 0.1) is 0 Å². The molecule has 1 aliphatic rings. The average Bonchev–Trinajstić information content (AvgIpc) is 2.67. The Hall–Kier alpha value is -0.440. The quantitative estimate of drug-likeness (QED) is 0.640. The highest BCUT2D eigenvalue weighted by atomic mass is 35.5. The summed E-state index contributed by atoms with van der Waals surface area (Å²) in [6.45, 7) is 0. The standard InChI is InChI=1S/C10H9Cl3N2/c11-7-5-8(12)10(15-9(7)13)14-6-3-1-2-4-6/h1-2,5-6H,3-4H2,(H,14,15). The Kier molecular flexibility index (Phi) is 3.39. The molecule has 0 aromatic carbocycles. The number of hydrogen-bond acceptors (Lipinski definition) is 2. The van der Waals surface area contributed by atoms with Crippen LogP contribution in [-0.4, -0.2) is 11.0 Å². The van der Waals surface area contributed by atoms with Crippen LogP contribution in [0.1, 0.15) is 12.8 Å². The molecule has 2 rings (SSSR count). The van der Waals surface area contributed by atoms with Crippen LogP contribution in [0.5, 0.6) is 0 Å². The molecule has 0 saturated carbocycles. The lowest BCUT2D eigenvalue weighted by Gasteiger charge is -2.14. The fourth-order valence-corrected chi connectivity index (χ4v) is 2.03. The van der Waals surface area contributed by atoms with E-state index in [1.54, 1.807) is 6.07 Å². The van der Waals surface area contributed by atoms with Crippen LogP contribution < -0.4 is 5.32 Å².